The van der Waals surface area contributed by atoms with Gasteiger partial charge in [-0.05, 0) is 57.0 Å². The predicted octanol–water partition coefficient (Wildman–Crippen LogP) is 2.53. The molecule has 1 amide bonds. The summed E-state index contributed by atoms with van der Waals surface area (Å²) in [6, 6.07) is 7.42. The van der Waals surface area contributed by atoms with Gasteiger partial charge in [-0.2, -0.15) is 0 Å². The third-order valence-electron chi connectivity index (χ3n) is 6.32. The normalized spacial score (nSPS) is 26.1. The number of piperazine rings is 1. The van der Waals surface area contributed by atoms with E-state index in [-0.39, 0.29) is 36.7 Å². The zero-order valence-electron chi connectivity index (χ0n) is 16.3. The van der Waals surface area contributed by atoms with Gasteiger partial charge < -0.3 is 15.1 Å². The van der Waals surface area contributed by atoms with Gasteiger partial charge in [-0.3, -0.25) is 9.69 Å². The van der Waals surface area contributed by atoms with Crippen LogP contribution in [0.4, 0.5) is 10.1 Å². The average molecular weight is 433 g/mol. The Hall–Kier alpha value is -1.08. The fourth-order valence-corrected chi connectivity index (χ4v) is 4.73. The molecule has 3 atom stereocenters. The minimum Gasteiger partial charge on any atom is -0.369 e. The molecule has 8 heteroatoms. The van der Waals surface area contributed by atoms with Crippen molar-refractivity contribution in [1.82, 2.24) is 15.1 Å². The van der Waals surface area contributed by atoms with Gasteiger partial charge in [0.1, 0.15) is 5.82 Å². The summed E-state index contributed by atoms with van der Waals surface area (Å²) >= 11 is 0. The summed E-state index contributed by atoms with van der Waals surface area (Å²) in [5, 5.41) is 3.47. The molecule has 1 N–H and O–H groups in total. The molecule has 3 heterocycles. The summed E-state index contributed by atoms with van der Waals surface area (Å²) in [5.41, 5.74) is 1.06. The Morgan fingerprint density at radius 1 is 1.04 bits per heavy atom. The van der Waals surface area contributed by atoms with Crippen molar-refractivity contribution in [2.75, 3.05) is 44.2 Å². The lowest BCUT2D eigenvalue weighted by molar-refractivity contribution is -0.139. The Labute approximate surface area is 179 Å². The number of rotatable bonds is 3. The minimum atomic E-state index is -0.201. The van der Waals surface area contributed by atoms with Crippen molar-refractivity contribution in [3.05, 3.63) is 30.1 Å². The third kappa shape index (κ3) is 4.73. The monoisotopic (exact) mass is 432 g/mol. The van der Waals surface area contributed by atoms with E-state index < -0.39 is 0 Å². The predicted molar refractivity (Wildman–Crippen MR) is 115 cm³/mol. The van der Waals surface area contributed by atoms with E-state index in [1.54, 1.807) is 0 Å². The Morgan fingerprint density at radius 3 is 2.36 bits per heavy atom. The molecule has 0 aromatic heterocycles. The van der Waals surface area contributed by atoms with E-state index in [0.717, 1.165) is 64.2 Å². The second-order valence-corrected chi connectivity index (χ2v) is 7.80. The van der Waals surface area contributed by atoms with Crippen molar-refractivity contribution >= 4 is 36.4 Å². The number of nitrogens with zero attached hydrogens (tertiary/aromatic N) is 3. The minimum absolute atomic E-state index is 0. The molecule has 0 aliphatic carbocycles. The summed E-state index contributed by atoms with van der Waals surface area (Å²) in [7, 11) is 0. The number of fused-ring (bicyclic) bond motifs is 2. The number of amides is 1. The van der Waals surface area contributed by atoms with Crippen LogP contribution in [0.25, 0.3) is 0 Å². The second kappa shape index (κ2) is 10.1. The lowest BCUT2D eigenvalue weighted by Gasteiger charge is -2.40. The largest absolute Gasteiger partial charge is 0.369 e. The van der Waals surface area contributed by atoms with Crippen LogP contribution in [-0.2, 0) is 4.79 Å². The van der Waals surface area contributed by atoms with Crippen molar-refractivity contribution in [3.63, 3.8) is 0 Å². The van der Waals surface area contributed by atoms with Crippen LogP contribution >= 0.6 is 24.8 Å². The highest BCUT2D eigenvalue weighted by atomic mass is 35.5. The molecule has 3 fully saturated rings. The van der Waals surface area contributed by atoms with Gasteiger partial charge in [0.05, 0.1) is 6.04 Å². The molecule has 3 aliphatic rings. The smallest absolute Gasteiger partial charge is 0.240 e. The van der Waals surface area contributed by atoms with Crippen molar-refractivity contribution in [3.8, 4) is 0 Å². The highest BCUT2D eigenvalue weighted by molar-refractivity contribution is 5.85. The second-order valence-electron chi connectivity index (χ2n) is 7.80. The fraction of sp³-hybridized carbons (Fsp3) is 0.650. The lowest BCUT2D eigenvalue weighted by atomic mass is 10.1. The van der Waals surface area contributed by atoms with Gasteiger partial charge in [0.15, 0.2) is 0 Å². The van der Waals surface area contributed by atoms with Gasteiger partial charge >= 0.3 is 0 Å². The number of benzene rings is 1. The van der Waals surface area contributed by atoms with Crippen molar-refractivity contribution in [1.29, 1.82) is 0 Å². The Morgan fingerprint density at radius 2 is 1.68 bits per heavy atom. The number of anilines is 1. The van der Waals surface area contributed by atoms with Gasteiger partial charge in [-0.25, -0.2) is 4.39 Å². The number of carbonyl (C=O) groups excluding carboxylic acids is 1. The van der Waals surface area contributed by atoms with Crippen LogP contribution in [0.1, 0.15) is 26.2 Å². The van der Waals surface area contributed by atoms with Crippen LogP contribution in [0.3, 0.4) is 0 Å². The van der Waals surface area contributed by atoms with E-state index in [1.807, 2.05) is 12.1 Å². The zero-order valence-corrected chi connectivity index (χ0v) is 18.0. The first-order valence-corrected chi connectivity index (χ1v) is 9.91. The first kappa shape index (κ1) is 23.2. The standard InChI is InChI=1S/C20H29FN4O.2ClH/c1-15(20(26)25-18-6-7-19(25)14-22-9-8-18)23-10-12-24(13-11-23)17-4-2-16(21)3-5-17;;/h2-5,15,18-19,22H,6-14H2,1H3;2*1H. The van der Waals surface area contributed by atoms with Crippen LogP contribution in [0.15, 0.2) is 24.3 Å². The van der Waals surface area contributed by atoms with E-state index in [9.17, 15) is 9.18 Å². The van der Waals surface area contributed by atoms with Crippen molar-refractivity contribution < 1.29 is 9.18 Å². The van der Waals surface area contributed by atoms with Crippen LogP contribution in [0.2, 0.25) is 0 Å². The molecular formula is C20H31Cl2FN4O. The quantitative estimate of drug-likeness (QED) is 0.796. The van der Waals surface area contributed by atoms with E-state index in [0.29, 0.717) is 18.0 Å². The van der Waals surface area contributed by atoms with Crippen molar-refractivity contribution in [2.45, 2.75) is 44.3 Å². The molecule has 28 heavy (non-hydrogen) atoms. The Kier molecular flexibility index (Phi) is 8.37. The van der Waals surface area contributed by atoms with Gasteiger partial charge in [0, 0.05) is 50.5 Å². The summed E-state index contributed by atoms with van der Waals surface area (Å²) < 4.78 is 13.1. The van der Waals surface area contributed by atoms with Gasteiger partial charge in [-0.15, -0.1) is 24.8 Å². The van der Waals surface area contributed by atoms with Crippen molar-refractivity contribution in [2.24, 2.45) is 0 Å². The number of halogens is 3. The lowest BCUT2D eigenvalue weighted by Crippen LogP contribution is -2.56. The number of nitrogens with one attached hydrogen (secondary N) is 1. The summed E-state index contributed by atoms with van der Waals surface area (Å²) in [5.74, 6) is 0.101. The molecular weight excluding hydrogens is 402 g/mol. The van der Waals surface area contributed by atoms with Gasteiger partial charge in [0.25, 0.3) is 0 Å². The third-order valence-corrected chi connectivity index (χ3v) is 6.32. The topological polar surface area (TPSA) is 38.8 Å². The molecule has 0 spiro atoms. The van der Waals surface area contributed by atoms with Gasteiger partial charge in [0.2, 0.25) is 5.91 Å². The molecule has 5 nitrogen and oxygen atoms in total. The Balaban J connectivity index is 0.00000140. The van der Waals surface area contributed by atoms with E-state index >= 15 is 0 Å². The molecule has 1 aromatic rings. The molecule has 2 bridgehead atoms. The zero-order chi connectivity index (χ0) is 18.1. The van der Waals surface area contributed by atoms with Gasteiger partial charge in [-0.1, -0.05) is 0 Å². The highest BCUT2D eigenvalue weighted by Crippen LogP contribution is 2.29. The number of hydrogen-bond donors (Lipinski definition) is 1. The maximum absolute atomic E-state index is 13.2. The number of hydrogen-bond acceptors (Lipinski definition) is 4. The molecule has 3 aliphatic heterocycles. The average Bonchev–Trinajstić information content (AvgIpc) is 2.94. The summed E-state index contributed by atoms with van der Waals surface area (Å²) in [4.78, 5) is 20.0. The first-order chi connectivity index (χ1) is 12.6. The molecule has 0 radical (unpaired) electrons. The van der Waals surface area contributed by atoms with Crippen LogP contribution in [0.5, 0.6) is 0 Å². The molecule has 3 saturated heterocycles. The Bertz CT molecular complexity index is 626. The molecule has 4 rings (SSSR count). The van der Waals surface area contributed by atoms with E-state index in [4.69, 9.17) is 0 Å². The molecule has 0 saturated carbocycles. The maximum Gasteiger partial charge on any atom is 0.240 e. The van der Waals surface area contributed by atoms with Crippen LogP contribution in [0, 0.1) is 5.82 Å². The molecule has 3 unspecified atom stereocenters. The maximum atomic E-state index is 13.2. The molecule has 158 valence electrons. The van der Waals surface area contributed by atoms with E-state index in [1.165, 1.54) is 12.1 Å². The van der Waals surface area contributed by atoms with Crippen LogP contribution in [-0.4, -0.2) is 73.1 Å². The highest BCUT2D eigenvalue weighted by Gasteiger charge is 2.40. The fourth-order valence-electron chi connectivity index (χ4n) is 4.73. The summed E-state index contributed by atoms with van der Waals surface area (Å²) in [6.45, 7) is 7.50. The first-order valence-electron chi connectivity index (χ1n) is 9.91. The number of carbonyl (C=O) groups is 1. The molecule has 1 aromatic carbocycles. The summed E-state index contributed by atoms with van der Waals surface area (Å²) in [6.07, 6.45) is 3.37. The van der Waals surface area contributed by atoms with E-state index in [2.05, 4.69) is 26.9 Å². The SMILES string of the molecule is CC(C(=O)N1C2CCNCC1CC2)N1CCN(c2ccc(F)cc2)CC1.Cl.Cl. The van der Waals surface area contributed by atoms with Crippen LogP contribution < -0.4 is 10.2 Å².